The average Bonchev–Trinajstić information content (AvgIpc) is 2.97. The number of amides is 1. The predicted octanol–water partition coefficient (Wildman–Crippen LogP) is 3.45. The molecule has 5 rings (SSSR count). The van der Waals surface area contributed by atoms with Crippen molar-refractivity contribution in [3.8, 4) is 0 Å². The molecule has 2 aromatic heterocycles. The molecule has 192 valence electrons. The first-order chi connectivity index (χ1) is 18.6. The summed E-state index contributed by atoms with van der Waals surface area (Å²) in [4.78, 5) is 40.3. The number of hydrazine groups is 1. The van der Waals surface area contributed by atoms with Crippen LogP contribution in [-0.2, 0) is 0 Å². The van der Waals surface area contributed by atoms with Crippen LogP contribution < -0.4 is 15.8 Å². The first kappa shape index (κ1) is 24.8. The number of nitro groups is 1. The molecule has 0 bridgehead atoms. The van der Waals surface area contributed by atoms with Gasteiger partial charge in [0.15, 0.2) is 0 Å². The van der Waals surface area contributed by atoms with Crippen LogP contribution in [0.15, 0.2) is 91.5 Å². The van der Waals surface area contributed by atoms with Crippen molar-refractivity contribution in [3.63, 3.8) is 0 Å². The second-order valence-electron chi connectivity index (χ2n) is 8.72. The Morgan fingerprint density at radius 2 is 1.55 bits per heavy atom. The van der Waals surface area contributed by atoms with Crippen LogP contribution in [0, 0.1) is 10.1 Å². The molecular weight excluding hydrogens is 484 g/mol. The van der Waals surface area contributed by atoms with E-state index in [1.165, 1.54) is 23.7 Å². The largest absolute Gasteiger partial charge is 0.355 e. The van der Waals surface area contributed by atoms with Crippen LogP contribution in [0.1, 0.15) is 27.5 Å². The normalized spacial score (nSPS) is 13.8. The predicted molar refractivity (Wildman–Crippen MR) is 143 cm³/mol. The van der Waals surface area contributed by atoms with Crippen molar-refractivity contribution < 1.29 is 9.72 Å². The van der Waals surface area contributed by atoms with E-state index in [0.717, 1.165) is 0 Å². The third-order valence-corrected chi connectivity index (χ3v) is 6.41. The minimum Gasteiger partial charge on any atom is -0.348 e. The summed E-state index contributed by atoms with van der Waals surface area (Å²) in [6, 6.07) is 23.9. The molecule has 11 nitrogen and oxygen atoms in total. The number of benzene rings is 2. The van der Waals surface area contributed by atoms with Crippen LogP contribution >= 0.6 is 0 Å². The lowest BCUT2D eigenvalue weighted by Gasteiger charge is -2.40. The van der Waals surface area contributed by atoms with Crippen LogP contribution in [0.2, 0.25) is 0 Å². The molecule has 38 heavy (non-hydrogen) atoms. The molecule has 1 saturated heterocycles. The molecule has 1 amide bonds. The zero-order valence-corrected chi connectivity index (χ0v) is 20.5. The SMILES string of the molecule is O=C(NNc1ncnc(N2CCN(C(c3ccccc3)c3ccccc3)CC2)c1[N+](=O)[O-])c1cccnc1. The standard InChI is InChI=1S/C27H26N8O3/c36-27(22-12-7-13-28-18-22)32-31-25-24(35(37)38)26(30-19-29-25)34-16-14-33(15-17-34)23(20-8-3-1-4-9-20)21-10-5-2-6-11-21/h1-13,18-19,23H,14-17H2,(H,32,36)(H,29,30,31). The van der Waals surface area contributed by atoms with Gasteiger partial charge >= 0.3 is 5.69 Å². The summed E-state index contributed by atoms with van der Waals surface area (Å²) in [5, 5.41) is 12.1. The fourth-order valence-electron chi connectivity index (χ4n) is 4.62. The van der Waals surface area contributed by atoms with Crippen LogP contribution in [0.4, 0.5) is 17.3 Å². The number of rotatable bonds is 8. The van der Waals surface area contributed by atoms with E-state index in [2.05, 4.69) is 55.0 Å². The molecule has 2 N–H and O–H groups in total. The fraction of sp³-hybridized carbons (Fsp3) is 0.185. The van der Waals surface area contributed by atoms with Gasteiger partial charge in [0.1, 0.15) is 6.33 Å². The minimum absolute atomic E-state index is 0.0693. The van der Waals surface area contributed by atoms with E-state index in [0.29, 0.717) is 31.7 Å². The highest BCUT2D eigenvalue weighted by Crippen LogP contribution is 2.34. The Balaban J connectivity index is 1.33. The summed E-state index contributed by atoms with van der Waals surface area (Å²) in [6.07, 6.45) is 4.20. The molecule has 11 heteroatoms. The van der Waals surface area contributed by atoms with Gasteiger partial charge in [-0.15, -0.1) is 0 Å². The van der Waals surface area contributed by atoms with Gasteiger partial charge in [-0.05, 0) is 23.3 Å². The second-order valence-corrected chi connectivity index (χ2v) is 8.72. The molecule has 1 aliphatic heterocycles. The number of carbonyl (C=O) groups is 1. The Morgan fingerprint density at radius 3 is 2.13 bits per heavy atom. The van der Waals surface area contributed by atoms with Gasteiger partial charge in [-0.2, -0.15) is 0 Å². The quantitative estimate of drug-likeness (QED) is 0.270. The van der Waals surface area contributed by atoms with Gasteiger partial charge in [0.25, 0.3) is 5.91 Å². The summed E-state index contributed by atoms with van der Waals surface area (Å²) in [5.41, 5.74) is 7.42. The van der Waals surface area contributed by atoms with Gasteiger partial charge in [0, 0.05) is 38.6 Å². The number of pyridine rings is 1. The lowest BCUT2D eigenvalue weighted by atomic mass is 9.96. The number of hydrogen-bond acceptors (Lipinski definition) is 9. The Bertz CT molecular complexity index is 1340. The van der Waals surface area contributed by atoms with Crippen molar-refractivity contribution in [2.75, 3.05) is 36.5 Å². The van der Waals surface area contributed by atoms with Crippen LogP contribution in [0.5, 0.6) is 0 Å². The second kappa shape index (κ2) is 11.4. The molecule has 0 saturated carbocycles. The van der Waals surface area contributed by atoms with Gasteiger partial charge in [-0.1, -0.05) is 60.7 Å². The lowest BCUT2D eigenvalue weighted by molar-refractivity contribution is -0.383. The highest BCUT2D eigenvalue weighted by Gasteiger charge is 2.32. The molecule has 0 unspecified atom stereocenters. The van der Waals surface area contributed by atoms with Crippen molar-refractivity contribution in [3.05, 3.63) is 118 Å². The van der Waals surface area contributed by atoms with Crippen LogP contribution in [0.3, 0.4) is 0 Å². The van der Waals surface area contributed by atoms with Crippen molar-refractivity contribution in [2.45, 2.75) is 6.04 Å². The van der Waals surface area contributed by atoms with Crippen molar-refractivity contribution >= 4 is 23.2 Å². The minimum atomic E-state index is -0.531. The summed E-state index contributed by atoms with van der Waals surface area (Å²) >= 11 is 0. The van der Waals surface area contributed by atoms with Crippen LogP contribution in [0.25, 0.3) is 0 Å². The maximum Gasteiger partial charge on any atom is 0.355 e. The fourth-order valence-corrected chi connectivity index (χ4v) is 4.62. The van der Waals surface area contributed by atoms with E-state index in [1.54, 1.807) is 18.3 Å². The molecule has 1 aliphatic rings. The average molecular weight is 511 g/mol. The Morgan fingerprint density at radius 1 is 0.895 bits per heavy atom. The molecule has 0 atom stereocenters. The topological polar surface area (TPSA) is 129 Å². The van der Waals surface area contributed by atoms with Gasteiger partial charge in [0.05, 0.1) is 16.5 Å². The third kappa shape index (κ3) is 5.42. The number of carbonyl (C=O) groups excluding carboxylic acids is 1. The first-order valence-electron chi connectivity index (χ1n) is 12.2. The molecule has 0 radical (unpaired) electrons. The molecule has 0 spiro atoms. The van der Waals surface area contributed by atoms with E-state index in [9.17, 15) is 14.9 Å². The molecule has 3 heterocycles. The summed E-state index contributed by atoms with van der Waals surface area (Å²) < 4.78 is 0. The van der Waals surface area contributed by atoms with Gasteiger partial charge < -0.3 is 4.90 Å². The summed E-state index contributed by atoms with van der Waals surface area (Å²) in [7, 11) is 0. The summed E-state index contributed by atoms with van der Waals surface area (Å²) in [5.74, 6) is -0.376. The summed E-state index contributed by atoms with van der Waals surface area (Å²) in [6.45, 7) is 2.43. The number of piperazine rings is 1. The van der Waals surface area contributed by atoms with E-state index >= 15 is 0 Å². The van der Waals surface area contributed by atoms with E-state index in [-0.39, 0.29) is 23.4 Å². The molecular formula is C27H26N8O3. The maximum atomic E-state index is 12.4. The Hall–Kier alpha value is -4.90. The van der Waals surface area contributed by atoms with E-state index in [1.807, 2.05) is 41.3 Å². The van der Waals surface area contributed by atoms with Gasteiger partial charge in [0.2, 0.25) is 11.6 Å². The number of nitrogens with one attached hydrogen (secondary N) is 2. The van der Waals surface area contributed by atoms with Gasteiger partial charge in [-0.25, -0.2) is 9.97 Å². The third-order valence-electron chi connectivity index (χ3n) is 6.41. The van der Waals surface area contributed by atoms with Gasteiger partial charge in [-0.3, -0.25) is 35.6 Å². The van der Waals surface area contributed by atoms with Crippen molar-refractivity contribution in [1.82, 2.24) is 25.3 Å². The number of nitrogens with zero attached hydrogens (tertiary/aromatic N) is 6. The monoisotopic (exact) mass is 510 g/mol. The molecule has 0 aliphatic carbocycles. The Kier molecular flexibility index (Phi) is 7.46. The number of anilines is 2. The highest BCUT2D eigenvalue weighted by molar-refractivity contribution is 5.94. The van der Waals surface area contributed by atoms with Crippen molar-refractivity contribution in [2.24, 2.45) is 0 Å². The Labute approximate surface area is 219 Å². The zero-order valence-electron chi connectivity index (χ0n) is 20.5. The maximum absolute atomic E-state index is 12.4. The zero-order chi connectivity index (χ0) is 26.3. The van der Waals surface area contributed by atoms with Crippen LogP contribution in [-0.4, -0.2) is 56.9 Å². The lowest BCUT2D eigenvalue weighted by Crippen LogP contribution is -2.48. The molecule has 2 aromatic carbocycles. The van der Waals surface area contributed by atoms with E-state index < -0.39 is 10.8 Å². The van der Waals surface area contributed by atoms with E-state index in [4.69, 9.17) is 0 Å². The first-order valence-corrected chi connectivity index (χ1v) is 12.2. The number of hydrogen-bond donors (Lipinski definition) is 2. The molecule has 1 fully saturated rings. The molecule has 4 aromatic rings. The smallest absolute Gasteiger partial charge is 0.348 e. The number of aromatic nitrogens is 3. The van der Waals surface area contributed by atoms with Crippen molar-refractivity contribution in [1.29, 1.82) is 0 Å². The highest BCUT2D eigenvalue weighted by atomic mass is 16.6.